The van der Waals surface area contributed by atoms with Crippen molar-refractivity contribution in [2.45, 2.75) is 12.5 Å². The number of hydrogen-bond donors (Lipinski definition) is 0. The quantitative estimate of drug-likeness (QED) is 0.486. The van der Waals surface area contributed by atoms with Crippen molar-refractivity contribution in [3.05, 3.63) is 89.7 Å². The van der Waals surface area contributed by atoms with E-state index in [0.717, 1.165) is 56.1 Å². The minimum absolute atomic E-state index is 0.163. The normalized spacial score (nSPS) is 15.0. The standard InChI is InChI=1S/C27H28FN3O2/c1-32-25-6-3-5-22(19-25)27(33-26-7-2-4-21(18-26)20-29)12-13-30-14-16-31(17-15-30)24-10-8-23(28)9-11-24/h2-11,18-19,27H,12-17H2,1H3. The molecule has 0 radical (unpaired) electrons. The second kappa shape index (κ2) is 10.8. The fourth-order valence-electron chi connectivity index (χ4n) is 4.12. The third kappa shape index (κ3) is 6.03. The Kier molecular flexibility index (Phi) is 7.43. The van der Waals surface area contributed by atoms with Crippen molar-refractivity contribution in [1.82, 2.24) is 4.90 Å². The van der Waals surface area contributed by atoms with Gasteiger partial charge in [0.15, 0.2) is 0 Å². The Bertz CT molecular complexity index is 1090. The summed E-state index contributed by atoms with van der Waals surface area (Å²) in [5.74, 6) is 1.27. The Balaban J connectivity index is 1.41. The summed E-state index contributed by atoms with van der Waals surface area (Å²) in [6.07, 6.45) is 0.643. The second-order valence-electron chi connectivity index (χ2n) is 8.12. The lowest BCUT2D eigenvalue weighted by atomic mass is 10.0. The number of methoxy groups -OCH3 is 1. The molecule has 0 bridgehead atoms. The highest BCUT2D eigenvalue weighted by Crippen LogP contribution is 2.28. The lowest BCUT2D eigenvalue weighted by Crippen LogP contribution is -2.46. The number of nitriles is 1. The van der Waals surface area contributed by atoms with Crippen molar-refractivity contribution in [1.29, 1.82) is 5.26 Å². The van der Waals surface area contributed by atoms with Crippen LogP contribution in [-0.4, -0.2) is 44.7 Å². The zero-order chi connectivity index (χ0) is 23.0. The van der Waals surface area contributed by atoms with Crippen molar-refractivity contribution < 1.29 is 13.9 Å². The van der Waals surface area contributed by atoms with E-state index in [0.29, 0.717) is 11.3 Å². The highest BCUT2D eigenvalue weighted by Gasteiger charge is 2.21. The molecule has 0 spiro atoms. The number of hydrogen-bond acceptors (Lipinski definition) is 5. The SMILES string of the molecule is COc1cccc(C(CCN2CCN(c3ccc(F)cc3)CC2)Oc2cccc(C#N)c2)c1. The van der Waals surface area contributed by atoms with Crippen LogP contribution in [-0.2, 0) is 0 Å². The van der Waals surface area contributed by atoms with Gasteiger partial charge >= 0.3 is 0 Å². The van der Waals surface area contributed by atoms with Crippen LogP contribution in [0.15, 0.2) is 72.8 Å². The minimum Gasteiger partial charge on any atom is -0.497 e. The van der Waals surface area contributed by atoms with Crippen LogP contribution in [0.5, 0.6) is 11.5 Å². The van der Waals surface area contributed by atoms with Gasteiger partial charge in [-0.1, -0.05) is 18.2 Å². The number of rotatable bonds is 8. The van der Waals surface area contributed by atoms with E-state index in [2.05, 4.69) is 15.9 Å². The molecule has 1 saturated heterocycles. The predicted molar refractivity (Wildman–Crippen MR) is 127 cm³/mol. The average Bonchev–Trinajstić information content (AvgIpc) is 2.87. The lowest BCUT2D eigenvalue weighted by molar-refractivity contribution is 0.160. The van der Waals surface area contributed by atoms with Gasteiger partial charge in [0.2, 0.25) is 0 Å². The summed E-state index contributed by atoms with van der Waals surface area (Å²) >= 11 is 0. The van der Waals surface area contributed by atoms with Crippen LogP contribution in [0, 0.1) is 17.1 Å². The van der Waals surface area contributed by atoms with Crippen molar-refractivity contribution in [2.24, 2.45) is 0 Å². The molecule has 6 heteroatoms. The van der Waals surface area contributed by atoms with Gasteiger partial charge in [0.25, 0.3) is 0 Å². The van der Waals surface area contributed by atoms with E-state index < -0.39 is 0 Å². The number of ether oxygens (including phenoxy) is 2. The van der Waals surface area contributed by atoms with Gasteiger partial charge in [-0.25, -0.2) is 4.39 Å². The first-order chi connectivity index (χ1) is 16.1. The third-order valence-corrected chi connectivity index (χ3v) is 5.98. The van der Waals surface area contributed by atoms with Gasteiger partial charge in [0.05, 0.1) is 18.7 Å². The molecule has 0 saturated carbocycles. The number of benzene rings is 3. The van der Waals surface area contributed by atoms with E-state index in [1.54, 1.807) is 19.2 Å². The molecular formula is C27H28FN3O2. The number of anilines is 1. The highest BCUT2D eigenvalue weighted by molar-refractivity contribution is 5.46. The summed E-state index contributed by atoms with van der Waals surface area (Å²) in [7, 11) is 1.66. The molecule has 1 heterocycles. The van der Waals surface area contributed by atoms with Gasteiger partial charge in [0.1, 0.15) is 23.4 Å². The van der Waals surface area contributed by atoms with Crippen LogP contribution in [0.25, 0.3) is 0 Å². The van der Waals surface area contributed by atoms with Gasteiger partial charge in [0, 0.05) is 44.8 Å². The first-order valence-corrected chi connectivity index (χ1v) is 11.2. The second-order valence-corrected chi connectivity index (χ2v) is 8.12. The first kappa shape index (κ1) is 22.6. The average molecular weight is 446 g/mol. The zero-order valence-electron chi connectivity index (χ0n) is 18.8. The van der Waals surface area contributed by atoms with E-state index in [9.17, 15) is 9.65 Å². The fraction of sp³-hybridized carbons (Fsp3) is 0.296. The molecule has 0 amide bonds. The largest absolute Gasteiger partial charge is 0.497 e. The first-order valence-electron chi connectivity index (χ1n) is 11.2. The molecule has 170 valence electrons. The van der Waals surface area contributed by atoms with Crippen LogP contribution in [0.3, 0.4) is 0 Å². The summed E-state index contributed by atoms with van der Waals surface area (Å²) in [6.45, 7) is 4.57. The maximum atomic E-state index is 13.2. The number of piperazine rings is 1. The van der Waals surface area contributed by atoms with Gasteiger partial charge in [-0.05, 0) is 60.2 Å². The van der Waals surface area contributed by atoms with Crippen LogP contribution in [0.2, 0.25) is 0 Å². The number of halogens is 1. The highest BCUT2D eigenvalue weighted by atomic mass is 19.1. The topological polar surface area (TPSA) is 48.7 Å². The Hall–Kier alpha value is -3.56. The smallest absolute Gasteiger partial charge is 0.125 e. The summed E-state index contributed by atoms with van der Waals surface area (Å²) in [4.78, 5) is 4.72. The Morgan fingerprint density at radius 3 is 2.39 bits per heavy atom. The van der Waals surface area contributed by atoms with E-state index in [-0.39, 0.29) is 11.9 Å². The molecule has 33 heavy (non-hydrogen) atoms. The molecular weight excluding hydrogens is 417 g/mol. The molecule has 1 unspecified atom stereocenters. The van der Waals surface area contributed by atoms with Gasteiger partial charge in [-0.3, -0.25) is 4.90 Å². The molecule has 1 atom stereocenters. The summed E-state index contributed by atoms with van der Waals surface area (Å²) in [5.41, 5.74) is 2.68. The molecule has 0 N–H and O–H groups in total. The van der Waals surface area contributed by atoms with Crippen LogP contribution in [0.1, 0.15) is 23.7 Å². The van der Waals surface area contributed by atoms with E-state index in [1.807, 2.05) is 48.5 Å². The molecule has 0 aromatic heterocycles. The van der Waals surface area contributed by atoms with E-state index in [4.69, 9.17) is 9.47 Å². The van der Waals surface area contributed by atoms with E-state index >= 15 is 0 Å². The van der Waals surface area contributed by atoms with Crippen LogP contribution in [0.4, 0.5) is 10.1 Å². The number of nitrogens with zero attached hydrogens (tertiary/aromatic N) is 3. The maximum absolute atomic E-state index is 13.2. The summed E-state index contributed by atoms with van der Waals surface area (Å²) in [5, 5.41) is 9.22. The summed E-state index contributed by atoms with van der Waals surface area (Å²) in [6, 6.07) is 24.1. The van der Waals surface area contributed by atoms with Crippen LogP contribution < -0.4 is 14.4 Å². The Morgan fingerprint density at radius 2 is 1.67 bits per heavy atom. The molecule has 1 fully saturated rings. The Labute approximate surface area is 194 Å². The van der Waals surface area contributed by atoms with E-state index in [1.165, 1.54) is 12.1 Å². The molecule has 4 rings (SSSR count). The fourth-order valence-corrected chi connectivity index (χ4v) is 4.12. The van der Waals surface area contributed by atoms with Crippen LogP contribution >= 0.6 is 0 Å². The molecule has 0 aliphatic carbocycles. The predicted octanol–water partition coefficient (Wildman–Crippen LogP) is 5.04. The summed E-state index contributed by atoms with van der Waals surface area (Å²) < 4.78 is 25.0. The molecule has 3 aromatic rings. The van der Waals surface area contributed by atoms with Gasteiger partial charge in [-0.15, -0.1) is 0 Å². The van der Waals surface area contributed by atoms with Crippen molar-refractivity contribution in [2.75, 3.05) is 44.7 Å². The van der Waals surface area contributed by atoms with Crippen molar-refractivity contribution >= 4 is 5.69 Å². The van der Waals surface area contributed by atoms with Gasteiger partial charge in [-0.2, -0.15) is 5.26 Å². The minimum atomic E-state index is -0.207. The zero-order valence-corrected chi connectivity index (χ0v) is 18.8. The van der Waals surface area contributed by atoms with Gasteiger partial charge < -0.3 is 14.4 Å². The third-order valence-electron chi connectivity index (χ3n) is 5.98. The molecule has 1 aliphatic rings. The van der Waals surface area contributed by atoms with Crippen molar-refractivity contribution in [3.63, 3.8) is 0 Å². The maximum Gasteiger partial charge on any atom is 0.125 e. The molecule has 5 nitrogen and oxygen atoms in total. The van der Waals surface area contributed by atoms with Crippen molar-refractivity contribution in [3.8, 4) is 17.6 Å². The Morgan fingerprint density at radius 1 is 0.939 bits per heavy atom. The monoisotopic (exact) mass is 445 g/mol. The molecule has 1 aliphatic heterocycles. The molecule has 3 aromatic carbocycles. The lowest BCUT2D eigenvalue weighted by Gasteiger charge is -2.36.